The van der Waals surface area contributed by atoms with Crippen molar-refractivity contribution in [1.82, 2.24) is 4.98 Å². The molecule has 0 aliphatic carbocycles. The van der Waals surface area contributed by atoms with E-state index in [0.29, 0.717) is 10.8 Å². The Hall–Kier alpha value is -0.820. The number of rotatable bonds is 3. The number of pyridine rings is 1. The van der Waals surface area contributed by atoms with Crippen LogP contribution in [0, 0.1) is 10.1 Å². The van der Waals surface area contributed by atoms with E-state index in [1.165, 1.54) is 24.9 Å². The Bertz CT molecular complexity index is 372. The van der Waals surface area contributed by atoms with Gasteiger partial charge in [-0.3, -0.25) is 10.1 Å². The van der Waals surface area contributed by atoms with E-state index in [4.69, 9.17) is 4.74 Å². The molecular formula is C7H7BrN2O3S. The third-order valence-corrected chi connectivity index (χ3v) is 2.76. The van der Waals surface area contributed by atoms with Gasteiger partial charge in [-0.2, -0.15) is 0 Å². The molecule has 0 saturated heterocycles. The van der Waals surface area contributed by atoms with Crippen molar-refractivity contribution in [2.24, 2.45) is 0 Å². The topological polar surface area (TPSA) is 65.3 Å². The standard InChI is InChI=1S/C7H7BrN2O3S/c1-13-5-3-4(10(11)12)6(8)9-7(5)14-2/h3H,1-2H3. The number of methoxy groups -OCH3 is 1. The molecule has 0 aromatic carbocycles. The number of hydrogen-bond donors (Lipinski definition) is 0. The highest BCUT2D eigenvalue weighted by molar-refractivity contribution is 9.10. The van der Waals surface area contributed by atoms with Crippen molar-refractivity contribution in [3.63, 3.8) is 0 Å². The maximum Gasteiger partial charge on any atom is 0.305 e. The van der Waals surface area contributed by atoms with Crippen LogP contribution in [0.3, 0.4) is 0 Å². The van der Waals surface area contributed by atoms with Crippen LogP contribution < -0.4 is 4.74 Å². The first kappa shape index (κ1) is 11.3. The van der Waals surface area contributed by atoms with Crippen LogP contribution >= 0.6 is 27.7 Å². The van der Waals surface area contributed by atoms with Crippen LogP contribution in [0.15, 0.2) is 15.7 Å². The number of nitrogens with zero attached hydrogens (tertiary/aromatic N) is 2. The summed E-state index contributed by atoms with van der Waals surface area (Å²) in [6, 6.07) is 1.35. The molecule has 0 N–H and O–H groups in total. The summed E-state index contributed by atoms with van der Waals surface area (Å²) in [5.74, 6) is 0.410. The molecule has 0 fully saturated rings. The van der Waals surface area contributed by atoms with Gasteiger partial charge in [-0.1, -0.05) is 0 Å². The van der Waals surface area contributed by atoms with Gasteiger partial charge in [0.2, 0.25) is 0 Å². The van der Waals surface area contributed by atoms with E-state index in [1.807, 2.05) is 6.26 Å². The zero-order valence-electron chi connectivity index (χ0n) is 7.48. The highest BCUT2D eigenvalue weighted by atomic mass is 79.9. The second-order valence-electron chi connectivity index (χ2n) is 2.27. The maximum atomic E-state index is 10.6. The Balaban J connectivity index is 3.30. The van der Waals surface area contributed by atoms with E-state index < -0.39 is 4.92 Å². The van der Waals surface area contributed by atoms with Crippen molar-refractivity contribution in [3.8, 4) is 5.75 Å². The number of halogens is 1. The summed E-state index contributed by atoms with van der Waals surface area (Å²) in [6.07, 6.45) is 1.82. The molecule has 1 rings (SSSR count). The molecular weight excluding hydrogens is 272 g/mol. The monoisotopic (exact) mass is 278 g/mol. The first-order chi connectivity index (χ1) is 6.60. The lowest BCUT2D eigenvalue weighted by molar-refractivity contribution is -0.386. The van der Waals surface area contributed by atoms with Gasteiger partial charge in [-0.05, 0) is 22.2 Å². The fraction of sp³-hybridized carbons (Fsp3) is 0.286. The molecule has 7 heteroatoms. The van der Waals surface area contributed by atoms with Crippen molar-refractivity contribution in [3.05, 3.63) is 20.8 Å². The molecule has 14 heavy (non-hydrogen) atoms. The van der Waals surface area contributed by atoms with Crippen LogP contribution in [-0.2, 0) is 0 Å². The zero-order valence-corrected chi connectivity index (χ0v) is 9.89. The van der Waals surface area contributed by atoms with Gasteiger partial charge in [0.25, 0.3) is 0 Å². The van der Waals surface area contributed by atoms with Gasteiger partial charge in [-0.15, -0.1) is 11.8 Å². The minimum Gasteiger partial charge on any atom is -0.494 e. The Morgan fingerprint density at radius 2 is 2.36 bits per heavy atom. The van der Waals surface area contributed by atoms with E-state index in [0.717, 1.165) is 0 Å². The van der Waals surface area contributed by atoms with Crippen LogP contribution in [0.25, 0.3) is 0 Å². The smallest absolute Gasteiger partial charge is 0.305 e. The highest BCUT2D eigenvalue weighted by Gasteiger charge is 2.18. The number of hydrogen-bond acceptors (Lipinski definition) is 5. The molecule has 5 nitrogen and oxygen atoms in total. The van der Waals surface area contributed by atoms with Gasteiger partial charge in [0, 0.05) is 0 Å². The van der Waals surface area contributed by atoms with Crippen molar-refractivity contribution in [1.29, 1.82) is 0 Å². The minimum absolute atomic E-state index is 0.0975. The quantitative estimate of drug-likeness (QED) is 0.368. The number of aromatic nitrogens is 1. The van der Waals surface area contributed by atoms with Crippen molar-refractivity contribution in [2.45, 2.75) is 5.03 Å². The molecule has 0 amide bonds. The van der Waals surface area contributed by atoms with Crippen LogP contribution in [0.4, 0.5) is 5.69 Å². The Kier molecular flexibility index (Phi) is 3.70. The van der Waals surface area contributed by atoms with E-state index in [2.05, 4.69) is 20.9 Å². The van der Waals surface area contributed by atoms with Crippen LogP contribution in [0.5, 0.6) is 5.75 Å². The first-order valence-electron chi connectivity index (χ1n) is 3.53. The SMILES string of the molecule is COc1cc([N+](=O)[O-])c(Br)nc1SC. The fourth-order valence-electron chi connectivity index (χ4n) is 0.867. The predicted molar refractivity (Wildman–Crippen MR) is 56.9 cm³/mol. The Morgan fingerprint density at radius 3 is 2.79 bits per heavy atom. The molecule has 1 aromatic heterocycles. The maximum absolute atomic E-state index is 10.6. The summed E-state index contributed by atoms with van der Waals surface area (Å²) in [6.45, 7) is 0. The molecule has 0 saturated carbocycles. The van der Waals surface area contributed by atoms with E-state index in [1.54, 1.807) is 0 Å². The van der Waals surface area contributed by atoms with Gasteiger partial charge in [0.1, 0.15) is 5.03 Å². The second kappa shape index (κ2) is 4.61. The van der Waals surface area contributed by atoms with Crippen LogP contribution in [0.1, 0.15) is 0 Å². The summed E-state index contributed by atoms with van der Waals surface area (Å²) >= 11 is 4.40. The number of nitro groups is 1. The third kappa shape index (κ3) is 2.16. The average molecular weight is 279 g/mol. The van der Waals surface area contributed by atoms with Gasteiger partial charge >= 0.3 is 5.69 Å². The van der Waals surface area contributed by atoms with Gasteiger partial charge in [-0.25, -0.2) is 4.98 Å². The summed E-state index contributed by atoms with van der Waals surface area (Å²) < 4.78 is 5.19. The van der Waals surface area contributed by atoms with Crippen LogP contribution in [-0.4, -0.2) is 23.3 Å². The van der Waals surface area contributed by atoms with Crippen molar-refractivity contribution >= 4 is 33.4 Å². The number of ether oxygens (including phenoxy) is 1. The fourth-order valence-corrected chi connectivity index (χ4v) is 1.95. The molecule has 0 spiro atoms. The largest absolute Gasteiger partial charge is 0.494 e. The van der Waals surface area contributed by atoms with Crippen molar-refractivity contribution in [2.75, 3.05) is 13.4 Å². The summed E-state index contributed by atoms with van der Waals surface area (Å²) in [5.41, 5.74) is -0.0975. The lowest BCUT2D eigenvalue weighted by Crippen LogP contribution is -1.96. The molecule has 0 aliphatic heterocycles. The van der Waals surface area contributed by atoms with Gasteiger partial charge in [0.15, 0.2) is 10.4 Å². The third-order valence-electron chi connectivity index (χ3n) is 1.50. The van der Waals surface area contributed by atoms with Crippen LogP contribution in [0.2, 0.25) is 0 Å². The first-order valence-corrected chi connectivity index (χ1v) is 5.54. The molecule has 0 bridgehead atoms. The molecule has 1 aromatic rings. The second-order valence-corrected chi connectivity index (χ2v) is 3.81. The zero-order chi connectivity index (χ0) is 10.7. The number of thioether (sulfide) groups is 1. The summed E-state index contributed by atoms with van der Waals surface area (Å²) in [5, 5.41) is 11.2. The van der Waals surface area contributed by atoms with E-state index in [9.17, 15) is 10.1 Å². The lowest BCUT2D eigenvalue weighted by Gasteiger charge is -2.05. The van der Waals surface area contributed by atoms with E-state index in [-0.39, 0.29) is 10.3 Å². The Morgan fingerprint density at radius 1 is 1.71 bits per heavy atom. The molecule has 1 heterocycles. The molecule has 0 aliphatic rings. The lowest BCUT2D eigenvalue weighted by atomic mass is 10.4. The molecule has 0 radical (unpaired) electrons. The minimum atomic E-state index is -0.510. The average Bonchev–Trinajstić information content (AvgIpc) is 2.16. The molecule has 0 atom stereocenters. The predicted octanol–water partition coefficient (Wildman–Crippen LogP) is 2.48. The summed E-state index contributed by atoms with van der Waals surface area (Å²) in [4.78, 5) is 14.0. The van der Waals surface area contributed by atoms with Gasteiger partial charge in [0.05, 0.1) is 18.1 Å². The summed E-state index contributed by atoms with van der Waals surface area (Å²) in [7, 11) is 1.45. The highest BCUT2D eigenvalue weighted by Crippen LogP contribution is 2.33. The van der Waals surface area contributed by atoms with E-state index >= 15 is 0 Å². The Labute approximate surface area is 93.1 Å². The molecule has 0 unspecified atom stereocenters. The van der Waals surface area contributed by atoms with Crippen molar-refractivity contribution < 1.29 is 9.66 Å². The molecule has 76 valence electrons. The normalized spacial score (nSPS) is 9.93. The van der Waals surface area contributed by atoms with Gasteiger partial charge < -0.3 is 4.74 Å².